The molecule has 2 rings (SSSR count). The van der Waals surface area contributed by atoms with Crippen molar-refractivity contribution in [3.63, 3.8) is 0 Å². The molecule has 0 aliphatic heterocycles. The molecule has 0 bridgehead atoms. The van der Waals surface area contributed by atoms with E-state index in [1.165, 1.54) is 18.5 Å². The first-order valence-corrected chi connectivity index (χ1v) is 5.12. The first kappa shape index (κ1) is 11.1. The molecule has 0 atom stereocenters. The standard InChI is InChI=1S/C11H10ClFN2O/c1-14-5-10-11(16-6-15-10)7-2-3-9(13)8(12)4-7/h2-4,6,14H,5H2,1H3. The summed E-state index contributed by atoms with van der Waals surface area (Å²) >= 11 is 5.71. The molecule has 5 heteroatoms. The molecule has 0 amide bonds. The first-order chi connectivity index (χ1) is 7.72. The van der Waals surface area contributed by atoms with Crippen LogP contribution in [0.1, 0.15) is 5.69 Å². The third-order valence-corrected chi connectivity index (χ3v) is 2.46. The summed E-state index contributed by atoms with van der Waals surface area (Å²) in [5.74, 6) is 0.163. The summed E-state index contributed by atoms with van der Waals surface area (Å²) in [5, 5.41) is 3.05. The van der Waals surface area contributed by atoms with Gasteiger partial charge in [0.1, 0.15) is 11.5 Å². The van der Waals surface area contributed by atoms with Crippen molar-refractivity contribution in [3.8, 4) is 11.3 Å². The third kappa shape index (κ3) is 2.08. The molecular formula is C11H10ClFN2O. The average Bonchev–Trinajstić information content (AvgIpc) is 2.71. The van der Waals surface area contributed by atoms with Crippen LogP contribution >= 0.6 is 11.6 Å². The van der Waals surface area contributed by atoms with Crippen LogP contribution in [-0.4, -0.2) is 12.0 Å². The second-order valence-electron chi connectivity index (χ2n) is 3.29. The predicted molar refractivity (Wildman–Crippen MR) is 59.7 cm³/mol. The van der Waals surface area contributed by atoms with E-state index in [1.54, 1.807) is 6.07 Å². The third-order valence-electron chi connectivity index (χ3n) is 2.17. The summed E-state index contributed by atoms with van der Waals surface area (Å²) in [6.45, 7) is 0.584. The van der Waals surface area contributed by atoms with Crippen molar-refractivity contribution in [1.82, 2.24) is 10.3 Å². The average molecular weight is 241 g/mol. The van der Waals surface area contributed by atoms with E-state index in [4.69, 9.17) is 16.0 Å². The smallest absolute Gasteiger partial charge is 0.181 e. The predicted octanol–water partition coefficient (Wildman–Crippen LogP) is 2.85. The summed E-state index contributed by atoms with van der Waals surface area (Å²) in [7, 11) is 1.82. The molecule has 1 N–H and O–H groups in total. The highest BCUT2D eigenvalue weighted by atomic mass is 35.5. The van der Waals surface area contributed by atoms with Crippen molar-refractivity contribution in [2.75, 3.05) is 7.05 Å². The van der Waals surface area contributed by atoms with Crippen molar-refractivity contribution < 1.29 is 8.81 Å². The number of benzene rings is 1. The zero-order valence-electron chi connectivity index (χ0n) is 8.63. The zero-order valence-corrected chi connectivity index (χ0v) is 9.38. The highest BCUT2D eigenvalue weighted by Gasteiger charge is 2.11. The van der Waals surface area contributed by atoms with Crippen molar-refractivity contribution in [1.29, 1.82) is 0 Å². The second kappa shape index (κ2) is 4.63. The van der Waals surface area contributed by atoms with Crippen LogP contribution in [0.4, 0.5) is 4.39 Å². The van der Waals surface area contributed by atoms with Gasteiger partial charge in [0.2, 0.25) is 0 Å². The fourth-order valence-corrected chi connectivity index (χ4v) is 1.62. The summed E-state index contributed by atoms with van der Waals surface area (Å²) in [6, 6.07) is 4.45. The molecule has 0 aliphatic carbocycles. The number of nitrogens with one attached hydrogen (secondary N) is 1. The Morgan fingerprint density at radius 1 is 1.50 bits per heavy atom. The summed E-state index contributed by atoms with van der Waals surface area (Å²) in [5.41, 5.74) is 1.49. The van der Waals surface area contributed by atoms with Crippen LogP contribution in [0.3, 0.4) is 0 Å². The first-order valence-electron chi connectivity index (χ1n) is 4.74. The zero-order chi connectivity index (χ0) is 11.5. The Morgan fingerprint density at radius 3 is 3.00 bits per heavy atom. The summed E-state index contributed by atoms with van der Waals surface area (Å²) in [6.07, 6.45) is 1.36. The highest BCUT2D eigenvalue weighted by Crippen LogP contribution is 2.27. The van der Waals surface area contributed by atoms with Gasteiger partial charge in [0.25, 0.3) is 0 Å². The molecule has 1 aromatic carbocycles. The van der Waals surface area contributed by atoms with E-state index in [1.807, 2.05) is 7.05 Å². The van der Waals surface area contributed by atoms with Gasteiger partial charge in [0.15, 0.2) is 12.2 Å². The van der Waals surface area contributed by atoms with Crippen LogP contribution < -0.4 is 5.32 Å². The van der Waals surface area contributed by atoms with Gasteiger partial charge in [-0.3, -0.25) is 0 Å². The van der Waals surface area contributed by atoms with Gasteiger partial charge < -0.3 is 9.73 Å². The molecule has 2 aromatic rings. The number of halogens is 2. The molecule has 16 heavy (non-hydrogen) atoms. The van der Waals surface area contributed by atoms with E-state index in [0.29, 0.717) is 17.9 Å². The maximum Gasteiger partial charge on any atom is 0.181 e. The van der Waals surface area contributed by atoms with Gasteiger partial charge in [0, 0.05) is 12.1 Å². The van der Waals surface area contributed by atoms with Gasteiger partial charge in [-0.05, 0) is 25.2 Å². The van der Waals surface area contributed by atoms with Crippen LogP contribution in [0.5, 0.6) is 0 Å². The molecule has 3 nitrogen and oxygen atoms in total. The molecule has 0 radical (unpaired) electrons. The van der Waals surface area contributed by atoms with Crippen LogP contribution in [-0.2, 0) is 6.54 Å². The Labute approximate surface area is 97.3 Å². The molecule has 0 saturated heterocycles. The van der Waals surface area contributed by atoms with Crippen LogP contribution in [0, 0.1) is 5.82 Å². The Balaban J connectivity index is 2.42. The van der Waals surface area contributed by atoms with Gasteiger partial charge in [0.05, 0.1) is 5.02 Å². The molecule has 0 unspecified atom stereocenters. The number of hydrogen-bond donors (Lipinski definition) is 1. The lowest BCUT2D eigenvalue weighted by Crippen LogP contribution is -2.06. The highest BCUT2D eigenvalue weighted by molar-refractivity contribution is 6.31. The molecular weight excluding hydrogens is 231 g/mol. The molecule has 0 spiro atoms. The minimum atomic E-state index is -0.444. The number of oxazole rings is 1. The minimum absolute atomic E-state index is 0.0734. The quantitative estimate of drug-likeness (QED) is 0.897. The fraction of sp³-hybridized carbons (Fsp3) is 0.182. The second-order valence-corrected chi connectivity index (χ2v) is 3.69. The Kier molecular flexibility index (Phi) is 3.22. The Bertz CT molecular complexity index is 498. The van der Waals surface area contributed by atoms with Gasteiger partial charge in [-0.25, -0.2) is 9.37 Å². The van der Waals surface area contributed by atoms with Crippen LogP contribution in [0.25, 0.3) is 11.3 Å². The van der Waals surface area contributed by atoms with Crippen molar-refractivity contribution in [3.05, 3.63) is 41.1 Å². The van der Waals surface area contributed by atoms with Gasteiger partial charge in [-0.15, -0.1) is 0 Å². The SMILES string of the molecule is CNCc1ncoc1-c1ccc(F)c(Cl)c1. The Hall–Kier alpha value is -1.39. The lowest BCUT2D eigenvalue weighted by molar-refractivity contribution is 0.570. The maximum absolute atomic E-state index is 13.0. The normalized spacial score (nSPS) is 10.7. The van der Waals surface area contributed by atoms with Crippen LogP contribution in [0.15, 0.2) is 29.0 Å². The van der Waals surface area contributed by atoms with E-state index in [-0.39, 0.29) is 5.02 Å². The number of nitrogens with zero attached hydrogens (tertiary/aromatic N) is 1. The molecule has 1 aromatic heterocycles. The number of hydrogen-bond acceptors (Lipinski definition) is 3. The van der Waals surface area contributed by atoms with Crippen LogP contribution in [0.2, 0.25) is 5.02 Å². The number of rotatable bonds is 3. The summed E-state index contributed by atoms with van der Waals surface area (Å²) < 4.78 is 18.3. The molecule has 0 saturated carbocycles. The van der Waals surface area contributed by atoms with Crippen molar-refractivity contribution in [2.24, 2.45) is 0 Å². The topological polar surface area (TPSA) is 38.1 Å². The van der Waals surface area contributed by atoms with Gasteiger partial charge >= 0.3 is 0 Å². The Morgan fingerprint density at radius 2 is 2.31 bits per heavy atom. The molecule has 0 aliphatic rings. The molecule has 84 valence electrons. The lowest BCUT2D eigenvalue weighted by Gasteiger charge is -2.01. The van der Waals surface area contributed by atoms with Crippen molar-refractivity contribution in [2.45, 2.75) is 6.54 Å². The largest absolute Gasteiger partial charge is 0.443 e. The van der Waals surface area contributed by atoms with E-state index in [2.05, 4.69) is 10.3 Å². The van der Waals surface area contributed by atoms with Crippen molar-refractivity contribution >= 4 is 11.6 Å². The summed E-state index contributed by atoms with van der Waals surface area (Å²) in [4.78, 5) is 4.07. The van der Waals surface area contributed by atoms with E-state index in [9.17, 15) is 4.39 Å². The molecule has 0 fully saturated rings. The van der Waals surface area contributed by atoms with E-state index in [0.717, 1.165) is 5.69 Å². The minimum Gasteiger partial charge on any atom is -0.443 e. The molecule has 1 heterocycles. The monoisotopic (exact) mass is 240 g/mol. The van der Waals surface area contributed by atoms with E-state index >= 15 is 0 Å². The van der Waals surface area contributed by atoms with Gasteiger partial charge in [-0.1, -0.05) is 11.6 Å². The lowest BCUT2D eigenvalue weighted by atomic mass is 10.1. The maximum atomic E-state index is 13.0. The number of aromatic nitrogens is 1. The fourth-order valence-electron chi connectivity index (χ4n) is 1.43. The van der Waals surface area contributed by atoms with E-state index < -0.39 is 5.82 Å². The van der Waals surface area contributed by atoms with Gasteiger partial charge in [-0.2, -0.15) is 0 Å².